The molecule has 4 aromatic heterocycles. The summed E-state index contributed by atoms with van der Waals surface area (Å²) in [5.74, 6) is 0.948. The van der Waals surface area contributed by atoms with Crippen molar-refractivity contribution >= 4 is 11.0 Å². The van der Waals surface area contributed by atoms with E-state index in [-0.39, 0.29) is 0 Å². The number of nitrogens with zero attached hydrogens (tertiary/aromatic N) is 6. The minimum atomic E-state index is -0.522. The average molecular weight is 308 g/mol. The number of fused-ring (bicyclic) bond motifs is 1. The zero-order valence-corrected chi connectivity index (χ0v) is 12.4. The smallest absolute Gasteiger partial charge is 0.213 e. The number of hydrogen-bond donors (Lipinski definition) is 0. The summed E-state index contributed by atoms with van der Waals surface area (Å²) in [5.41, 5.74) is 2.35. The van der Waals surface area contributed by atoms with Gasteiger partial charge >= 0.3 is 0 Å². The summed E-state index contributed by atoms with van der Waals surface area (Å²) in [6.45, 7) is 0.513. The molecule has 0 unspecified atom stereocenters. The van der Waals surface area contributed by atoms with Crippen LogP contribution in [-0.4, -0.2) is 29.1 Å². The van der Waals surface area contributed by atoms with Crippen LogP contribution in [0.5, 0.6) is 0 Å². The van der Waals surface area contributed by atoms with Crippen molar-refractivity contribution < 1.29 is 4.39 Å². The van der Waals surface area contributed by atoms with Gasteiger partial charge in [0.1, 0.15) is 11.5 Å². The number of hydrogen-bond acceptors (Lipinski definition) is 4. The van der Waals surface area contributed by atoms with Gasteiger partial charge in [0.15, 0.2) is 5.82 Å². The van der Waals surface area contributed by atoms with Crippen molar-refractivity contribution in [2.45, 2.75) is 6.54 Å². The fraction of sp³-hybridized carbons (Fsp3) is 0.125. The van der Waals surface area contributed by atoms with E-state index in [2.05, 4.69) is 19.9 Å². The van der Waals surface area contributed by atoms with Crippen LogP contribution in [0.1, 0.15) is 5.82 Å². The Balaban J connectivity index is 1.75. The highest BCUT2D eigenvalue weighted by atomic mass is 19.1. The van der Waals surface area contributed by atoms with Crippen LogP contribution in [0, 0.1) is 5.95 Å². The Morgan fingerprint density at radius 1 is 1.13 bits per heavy atom. The summed E-state index contributed by atoms with van der Waals surface area (Å²) in [7, 11) is 1.95. The molecule has 0 aliphatic heterocycles. The average Bonchev–Trinajstić information content (AvgIpc) is 3.14. The molecule has 0 aliphatic carbocycles. The fourth-order valence-corrected chi connectivity index (χ4v) is 2.58. The third-order valence-corrected chi connectivity index (χ3v) is 3.75. The highest BCUT2D eigenvalue weighted by Gasteiger charge is 2.12. The van der Waals surface area contributed by atoms with Gasteiger partial charge in [-0.2, -0.15) is 4.39 Å². The molecule has 0 amide bonds. The maximum absolute atomic E-state index is 13.3. The standard InChI is InChI=1S/C16H13FN6/c1-22-13-9-18-6-5-11(13)21-15(22)10-23-8-7-19-16(23)12-3-2-4-14(17)20-12/h2-9H,10H2,1H3. The van der Waals surface area contributed by atoms with Gasteiger partial charge in [-0.3, -0.25) is 4.98 Å². The van der Waals surface area contributed by atoms with Crippen molar-refractivity contribution in [3.63, 3.8) is 0 Å². The van der Waals surface area contributed by atoms with E-state index in [4.69, 9.17) is 0 Å². The summed E-state index contributed by atoms with van der Waals surface area (Å²) in [6, 6.07) is 6.55. The quantitative estimate of drug-likeness (QED) is 0.545. The van der Waals surface area contributed by atoms with E-state index in [1.165, 1.54) is 6.07 Å². The SMILES string of the molecule is Cn1c(Cn2ccnc2-c2cccc(F)n2)nc2ccncc21. The van der Waals surface area contributed by atoms with Gasteiger partial charge in [0.2, 0.25) is 5.95 Å². The molecule has 0 spiro atoms. The lowest BCUT2D eigenvalue weighted by molar-refractivity contribution is 0.584. The molecule has 4 heterocycles. The predicted octanol–water partition coefficient (Wildman–Crippen LogP) is 2.41. The number of imidazole rings is 2. The molecule has 0 radical (unpaired) electrons. The third kappa shape index (κ3) is 2.36. The molecule has 0 fully saturated rings. The Bertz CT molecular complexity index is 987. The van der Waals surface area contributed by atoms with Crippen LogP contribution in [0.3, 0.4) is 0 Å². The Kier molecular flexibility index (Phi) is 3.11. The van der Waals surface area contributed by atoms with Crippen LogP contribution in [-0.2, 0) is 13.6 Å². The number of rotatable bonds is 3. The molecule has 0 atom stereocenters. The zero-order valence-electron chi connectivity index (χ0n) is 12.4. The van der Waals surface area contributed by atoms with E-state index in [9.17, 15) is 4.39 Å². The first kappa shape index (κ1) is 13.6. The molecule has 23 heavy (non-hydrogen) atoms. The first-order chi connectivity index (χ1) is 11.2. The number of aromatic nitrogens is 6. The van der Waals surface area contributed by atoms with Crippen molar-refractivity contribution in [3.8, 4) is 11.5 Å². The van der Waals surface area contributed by atoms with Crippen molar-refractivity contribution in [1.29, 1.82) is 0 Å². The van der Waals surface area contributed by atoms with Crippen molar-refractivity contribution in [2.24, 2.45) is 7.05 Å². The van der Waals surface area contributed by atoms with E-state index in [0.29, 0.717) is 18.1 Å². The number of aryl methyl sites for hydroxylation is 1. The molecule has 0 saturated carbocycles. The van der Waals surface area contributed by atoms with Crippen molar-refractivity contribution in [1.82, 2.24) is 29.1 Å². The van der Waals surface area contributed by atoms with Gasteiger partial charge < -0.3 is 9.13 Å². The molecule has 7 heteroatoms. The summed E-state index contributed by atoms with van der Waals surface area (Å²) in [6.07, 6.45) is 7.01. The van der Waals surface area contributed by atoms with E-state index in [0.717, 1.165) is 16.9 Å². The van der Waals surface area contributed by atoms with Gasteiger partial charge in [0, 0.05) is 25.6 Å². The van der Waals surface area contributed by atoms with Crippen LogP contribution in [0.2, 0.25) is 0 Å². The maximum atomic E-state index is 13.3. The van der Waals surface area contributed by atoms with Gasteiger partial charge in [-0.15, -0.1) is 0 Å². The van der Waals surface area contributed by atoms with E-state index in [1.807, 2.05) is 28.4 Å². The Morgan fingerprint density at radius 3 is 2.87 bits per heavy atom. The highest BCUT2D eigenvalue weighted by Crippen LogP contribution is 2.18. The summed E-state index contributed by atoms with van der Waals surface area (Å²) in [5, 5.41) is 0. The van der Waals surface area contributed by atoms with Gasteiger partial charge in [0.05, 0.1) is 23.8 Å². The molecular formula is C16H13FN6. The Morgan fingerprint density at radius 2 is 2.04 bits per heavy atom. The monoisotopic (exact) mass is 308 g/mol. The van der Waals surface area contributed by atoms with Crippen LogP contribution < -0.4 is 0 Å². The third-order valence-electron chi connectivity index (χ3n) is 3.75. The van der Waals surface area contributed by atoms with Crippen LogP contribution in [0.25, 0.3) is 22.6 Å². The summed E-state index contributed by atoms with van der Waals surface area (Å²) >= 11 is 0. The minimum absolute atomic E-state index is 0.496. The van der Waals surface area contributed by atoms with E-state index >= 15 is 0 Å². The molecule has 4 rings (SSSR count). The molecular weight excluding hydrogens is 295 g/mol. The van der Waals surface area contributed by atoms with Crippen molar-refractivity contribution in [2.75, 3.05) is 0 Å². The first-order valence-corrected chi connectivity index (χ1v) is 7.12. The highest BCUT2D eigenvalue weighted by molar-refractivity contribution is 5.74. The number of halogens is 1. The van der Waals surface area contributed by atoms with Crippen LogP contribution in [0.15, 0.2) is 49.1 Å². The second-order valence-electron chi connectivity index (χ2n) is 5.18. The molecule has 4 aromatic rings. The van der Waals surface area contributed by atoms with E-state index in [1.54, 1.807) is 30.7 Å². The first-order valence-electron chi connectivity index (χ1n) is 7.12. The Hall–Kier alpha value is -3.09. The van der Waals surface area contributed by atoms with Gasteiger partial charge in [0.25, 0.3) is 0 Å². The molecule has 114 valence electrons. The van der Waals surface area contributed by atoms with E-state index < -0.39 is 5.95 Å². The summed E-state index contributed by atoms with van der Waals surface area (Å²) in [4.78, 5) is 16.9. The molecule has 0 aromatic carbocycles. The molecule has 0 aliphatic rings. The maximum Gasteiger partial charge on any atom is 0.213 e. The topological polar surface area (TPSA) is 61.4 Å². The molecule has 0 saturated heterocycles. The zero-order chi connectivity index (χ0) is 15.8. The lowest BCUT2D eigenvalue weighted by Crippen LogP contribution is -2.07. The largest absolute Gasteiger partial charge is 0.328 e. The molecule has 0 bridgehead atoms. The van der Waals surface area contributed by atoms with Gasteiger partial charge in [-0.25, -0.2) is 15.0 Å². The lowest BCUT2D eigenvalue weighted by atomic mass is 10.3. The second-order valence-corrected chi connectivity index (χ2v) is 5.18. The number of pyridine rings is 2. The Labute approximate surface area is 131 Å². The fourth-order valence-electron chi connectivity index (χ4n) is 2.58. The van der Waals surface area contributed by atoms with Crippen LogP contribution >= 0.6 is 0 Å². The second kappa shape index (κ2) is 5.28. The van der Waals surface area contributed by atoms with Gasteiger partial charge in [-0.05, 0) is 18.2 Å². The molecule has 0 N–H and O–H groups in total. The predicted molar refractivity (Wildman–Crippen MR) is 83.0 cm³/mol. The van der Waals surface area contributed by atoms with Gasteiger partial charge in [-0.1, -0.05) is 6.07 Å². The minimum Gasteiger partial charge on any atom is -0.328 e. The summed E-state index contributed by atoms with van der Waals surface area (Å²) < 4.78 is 17.2. The van der Waals surface area contributed by atoms with Crippen molar-refractivity contribution in [3.05, 3.63) is 60.8 Å². The lowest BCUT2D eigenvalue weighted by Gasteiger charge is -2.07. The normalized spacial score (nSPS) is 11.2. The van der Waals surface area contributed by atoms with Crippen LogP contribution in [0.4, 0.5) is 4.39 Å². The molecule has 6 nitrogen and oxygen atoms in total.